The predicted molar refractivity (Wildman–Crippen MR) is 76.1 cm³/mol. The molecule has 19 heavy (non-hydrogen) atoms. The highest BCUT2D eigenvalue weighted by molar-refractivity contribution is 5.29. The molecule has 0 aliphatic heterocycles. The summed E-state index contributed by atoms with van der Waals surface area (Å²) in [4.78, 5) is 0. The molecule has 4 heteroatoms. The number of hydrogen-bond acceptors (Lipinski definition) is 4. The van der Waals surface area contributed by atoms with Gasteiger partial charge in [0.25, 0.3) is 0 Å². The van der Waals surface area contributed by atoms with E-state index in [4.69, 9.17) is 15.6 Å². The van der Waals surface area contributed by atoms with Gasteiger partial charge in [-0.05, 0) is 30.5 Å². The first-order valence-electron chi connectivity index (χ1n) is 6.96. The van der Waals surface area contributed by atoms with Gasteiger partial charge in [0.15, 0.2) is 0 Å². The van der Waals surface area contributed by atoms with Gasteiger partial charge in [-0.2, -0.15) is 0 Å². The zero-order valence-corrected chi connectivity index (χ0v) is 11.6. The van der Waals surface area contributed by atoms with E-state index in [0.717, 1.165) is 24.3 Å². The van der Waals surface area contributed by atoms with Gasteiger partial charge in [-0.15, -0.1) is 0 Å². The predicted octanol–water partition coefficient (Wildman–Crippen LogP) is 2.00. The van der Waals surface area contributed by atoms with E-state index in [1.807, 2.05) is 24.3 Å². The van der Waals surface area contributed by atoms with E-state index in [0.29, 0.717) is 6.42 Å². The van der Waals surface area contributed by atoms with Crippen LogP contribution in [0, 0.1) is 0 Å². The van der Waals surface area contributed by atoms with Gasteiger partial charge in [0, 0.05) is 12.6 Å². The van der Waals surface area contributed by atoms with E-state index in [9.17, 15) is 5.11 Å². The minimum Gasteiger partial charge on any atom is -0.494 e. The maximum absolute atomic E-state index is 9.98. The normalized spacial score (nSPS) is 14.1. The molecule has 2 unspecified atom stereocenters. The monoisotopic (exact) mass is 267 g/mol. The summed E-state index contributed by atoms with van der Waals surface area (Å²) in [6, 6.07) is 6.88. The van der Waals surface area contributed by atoms with Crippen LogP contribution in [0.15, 0.2) is 24.3 Å². The topological polar surface area (TPSA) is 75.7 Å². The maximum atomic E-state index is 9.98. The standard InChI is InChI=1S/C15H25NO3/c1-2-3-4-11-19-13-7-5-12(6-8-13)15(18)14(16)9-10-17/h5-8,14-15,17-18H,2-4,9-11,16H2,1H3. The SMILES string of the molecule is CCCCCOc1ccc(C(O)C(N)CCO)cc1. The molecule has 0 aliphatic rings. The van der Waals surface area contributed by atoms with Crippen molar-refractivity contribution in [3.05, 3.63) is 29.8 Å². The molecule has 0 spiro atoms. The summed E-state index contributed by atoms with van der Waals surface area (Å²) in [5, 5.41) is 18.8. The minimum absolute atomic E-state index is 0.0170. The molecule has 1 rings (SSSR count). The number of aliphatic hydroxyl groups is 2. The lowest BCUT2D eigenvalue weighted by molar-refractivity contribution is 0.129. The molecule has 1 aromatic carbocycles. The van der Waals surface area contributed by atoms with Crippen LogP contribution >= 0.6 is 0 Å². The zero-order valence-electron chi connectivity index (χ0n) is 11.6. The van der Waals surface area contributed by atoms with Gasteiger partial charge < -0.3 is 20.7 Å². The molecule has 1 aromatic rings. The molecule has 2 atom stereocenters. The van der Waals surface area contributed by atoms with Gasteiger partial charge in [0.1, 0.15) is 5.75 Å². The van der Waals surface area contributed by atoms with Crippen molar-refractivity contribution >= 4 is 0 Å². The molecule has 108 valence electrons. The van der Waals surface area contributed by atoms with Crippen molar-refractivity contribution in [3.8, 4) is 5.75 Å². The van der Waals surface area contributed by atoms with E-state index in [1.54, 1.807) is 0 Å². The molecule has 0 radical (unpaired) electrons. The zero-order chi connectivity index (χ0) is 14.1. The minimum atomic E-state index is -0.749. The summed E-state index contributed by atoms with van der Waals surface area (Å²) >= 11 is 0. The fraction of sp³-hybridized carbons (Fsp3) is 0.600. The number of nitrogens with two attached hydrogens (primary N) is 1. The Bertz CT molecular complexity index is 340. The molecule has 0 aliphatic carbocycles. The molecule has 0 bridgehead atoms. The van der Waals surface area contributed by atoms with E-state index in [1.165, 1.54) is 12.8 Å². The first-order chi connectivity index (χ1) is 9.19. The summed E-state index contributed by atoms with van der Waals surface area (Å²) in [5.74, 6) is 0.808. The van der Waals surface area contributed by atoms with E-state index in [-0.39, 0.29) is 6.61 Å². The fourth-order valence-electron chi connectivity index (χ4n) is 1.86. The summed E-state index contributed by atoms with van der Waals surface area (Å²) < 4.78 is 5.60. The Hall–Kier alpha value is -1.10. The van der Waals surface area contributed by atoms with Gasteiger partial charge >= 0.3 is 0 Å². The van der Waals surface area contributed by atoms with Crippen LogP contribution in [-0.2, 0) is 0 Å². The molecule has 4 N–H and O–H groups in total. The summed E-state index contributed by atoms with van der Waals surface area (Å²) in [6.07, 6.45) is 3.05. The van der Waals surface area contributed by atoms with Gasteiger partial charge in [0.2, 0.25) is 0 Å². The molecule has 0 heterocycles. The Balaban J connectivity index is 2.46. The van der Waals surface area contributed by atoms with E-state index >= 15 is 0 Å². The van der Waals surface area contributed by atoms with E-state index in [2.05, 4.69) is 6.92 Å². The molecule has 0 amide bonds. The van der Waals surface area contributed by atoms with Crippen LogP contribution in [-0.4, -0.2) is 29.5 Å². The largest absolute Gasteiger partial charge is 0.494 e. The number of aliphatic hydroxyl groups excluding tert-OH is 2. The highest BCUT2D eigenvalue weighted by atomic mass is 16.5. The van der Waals surface area contributed by atoms with Crippen LogP contribution < -0.4 is 10.5 Å². The molecular weight excluding hydrogens is 242 g/mol. The lowest BCUT2D eigenvalue weighted by Crippen LogP contribution is -2.29. The Morgan fingerprint density at radius 1 is 1.21 bits per heavy atom. The molecule has 0 fully saturated rings. The Labute approximate surface area is 115 Å². The number of benzene rings is 1. The Kier molecular flexibility index (Phi) is 7.48. The van der Waals surface area contributed by atoms with Crippen molar-refractivity contribution in [2.45, 2.75) is 44.8 Å². The lowest BCUT2D eigenvalue weighted by atomic mass is 10.0. The second kappa shape index (κ2) is 8.91. The van der Waals surface area contributed by atoms with Crippen molar-refractivity contribution in [2.75, 3.05) is 13.2 Å². The smallest absolute Gasteiger partial charge is 0.119 e. The second-order valence-electron chi connectivity index (χ2n) is 4.75. The van der Waals surface area contributed by atoms with Gasteiger partial charge in [0.05, 0.1) is 12.7 Å². The second-order valence-corrected chi connectivity index (χ2v) is 4.75. The molecule has 0 saturated heterocycles. The first kappa shape index (κ1) is 16.0. The van der Waals surface area contributed by atoms with Gasteiger partial charge in [-0.3, -0.25) is 0 Å². The summed E-state index contributed by atoms with van der Waals surface area (Å²) in [7, 11) is 0. The molecule has 0 aromatic heterocycles. The average molecular weight is 267 g/mol. The van der Waals surface area contributed by atoms with Crippen molar-refractivity contribution in [3.63, 3.8) is 0 Å². The van der Waals surface area contributed by atoms with Gasteiger partial charge in [-0.25, -0.2) is 0 Å². The van der Waals surface area contributed by atoms with Crippen molar-refractivity contribution in [1.82, 2.24) is 0 Å². The van der Waals surface area contributed by atoms with Crippen LogP contribution in [0.5, 0.6) is 5.75 Å². The molecular formula is C15H25NO3. The van der Waals surface area contributed by atoms with Crippen molar-refractivity contribution in [1.29, 1.82) is 0 Å². The van der Waals surface area contributed by atoms with Crippen molar-refractivity contribution < 1.29 is 14.9 Å². The highest BCUT2D eigenvalue weighted by Crippen LogP contribution is 2.21. The Morgan fingerprint density at radius 3 is 2.47 bits per heavy atom. The van der Waals surface area contributed by atoms with E-state index < -0.39 is 12.1 Å². The van der Waals surface area contributed by atoms with Crippen LogP contribution in [0.1, 0.15) is 44.3 Å². The number of hydrogen-bond donors (Lipinski definition) is 3. The van der Waals surface area contributed by atoms with Gasteiger partial charge in [-0.1, -0.05) is 31.9 Å². The molecule has 4 nitrogen and oxygen atoms in total. The maximum Gasteiger partial charge on any atom is 0.119 e. The fourth-order valence-corrected chi connectivity index (χ4v) is 1.86. The number of ether oxygens (including phenoxy) is 1. The van der Waals surface area contributed by atoms with Crippen LogP contribution in [0.4, 0.5) is 0 Å². The average Bonchev–Trinajstić information content (AvgIpc) is 2.44. The summed E-state index contributed by atoms with van der Waals surface area (Å²) in [5.41, 5.74) is 6.52. The van der Waals surface area contributed by atoms with Crippen LogP contribution in [0.3, 0.4) is 0 Å². The third-order valence-corrected chi connectivity index (χ3v) is 3.11. The van der Waals surface area contributed by atoms with Crippen LogP contribution in [0.25, 0.3) is 0 Å². The van der Waals surface area contributed by atoms with Crippen LogP contribution in [0.2, 0.25) is 0 Å². The number of unbranched alkanes of at least 4 members (excludes halogenated alkanes) is 2. The first-order valence-corrected chi connectivity index (χ1v) is 6.96. The van der Waals surface area contributed by atoms with Crippen molar-refractivity contribution in [2.24, 2.45) is 5.73 Å². The third kappa shape index (κ3) is 5.59. The Morgan fingerprint density at radius 2 is 1.89 bits per heavy atom. The lowest BCUT2D eigenvalue weighted by Gasteiger charge is -2.18. The summed E-state index contributed by atoms with van der Waals surface area (Å²) in [6.45, 7) is 2.86. The third-order valence-electron chi connectivity index (χ3n) is 3.11. The highest BCUT2D eigenvalue weighted by Gasteiger charge is 2.16. The quantitative estimate of drug-likeness (QED) is 0.598. The molecule has 0 saturated carbocycles. The number of rotatable bonds is 9.